The van der Waals surface area contributed by atoms with Crippen LogP contribution in [-0.4, -0.2) is 47.4 Å². The zero-order valence-corrected chi connectivity index (χ0v) is 19.2. The normalized spacial score (nSPS) is 31.8. The van der Waals surface area contributed by atoms with Crippen LogP contribution < -0.4 is 5.32 Å². The summed E-state index contributed by atoms with van der Waals surface area (Å²) in [4.78, 5) is 39.9. The van der Waals surface area contributed by atoms with Crippen molar-refractivity contribution in [3.63, 3.8) is 0 Å². The van der Waals surface area contributed by atoms with Gasteiger partial charge >= 0.3 is 5.97 Å². The van der Waals surface area contributed by atoms with Gasteiger partial charge in [0, 0.05) is 24.2 Å². The van der Waals surface area contributed by atoms with Crippen LogP contribution in [0, 0.1) is 29.5 Å². The molecule has 4 bridgehead atoms. The summed E-state index contributed by atoms with van der Waals surface area (Å²) in [6.45, 7) is 2.52. The molecule has 1 unspecified atom stereocenters. The van der Waals surface area contributed by atoms with E-state index in [0.29, 0.717) is 31.5 Å². The van der Waals surface area contributed by atoms with E-state index >= 15 is 0 Å². The van der Waals surface area contributed by atoms with Crippen LogP contribution in [0.2, 0.25) is 0 Å². The number of ether oxygens (including phenoxy) is 1. The van der Waals surface area contributed by atoms with Gasteiger partial charge in [0.05, 0.1) is 5.92 Å². The second kappa shape index (κ2) is 8.73. The maximum Gasteiger partial charge on any atom is 0.309 e. The summed E-state index contributed by atoms with van der Waals surface area (Å²) in [5.74, 6) is 0.787. The van der Waals surface area contributed by atoms with E-state index in [1.807, 2.05) is 0 Å². The number of rotatable bonds is 5. The molecular weight excluding hydrogens is 423 g/mol. The first kappa shape index (κ1) is 22.4. The Hall–Kier alpha value is -2.44. The molecular formula is C26H33FN2O4. The molecule has 178 valence electrons. The number of nitrogens with one attached hydrogen (secondary N) is 1. The molecule has 1 aliphatic heterocycles. The quantitative estimate of drug-likeness (QED) is 0.686. The van der Waals surface area contributed by atoms with Gasteiger partial charge in [-0.3, -0.25) is 14.4 Å². The largest absolute Gasteiger partial charge is 0.452 e. The summed E-state index contributed by atoms with van der Waals surface area (Å²) < 4.78 is 18.7. The highest BCUT2D eigenvalue weighted by Gasteiger charge is 2.51. The standard InChI is InChI=1S/C26H33FN2O4/c1-16(23(30)28-26-13-17-10-18(14-26)12-19(11-17)15-26)33-25(32)21-6-8-29(9-7-21)24(31)20-2-4-22(27)5-3-20/h2-5,16-19,21H,6-15H2,1H3,(H,28,30). The van der Waals surface area contributed by atoms with E-state index in [1.54, 1.807) is 11.8 Å². The molecule has 1 aromatic rings. The lowest BCUT2D eigenvalue weighted by Gasteiger charge is -2.57. The molecule has 5 fully saturated rings. The maximum atomic E-state index is 13.1. The minimum Gasteiger partial charge on any atom is -0.452 e. The van der Waals surface area contributed by atoms with E-state index in [-0.39, 0.29) is 35.1 Å². The molecule has 1 heterocycles. The molecule has 4 aliphatic carbocycles. The van der Waals surface area contributed by atoms with Gasteiger partial charge in [-0.25, -0.2) is 4.39 Å². The lowest BCUT2D eigenvalue weighted by Crippen LogP contribution is -2.61. The first-order chi connectivity index (χ1) is 15.8. The third-order valence-corrected chi connectivity index (χ3v) is 8.30. The third-order valence-electron chi connectivity index (χ3n) is 8.30. The fraction of sp³-hybridized carbons (Fsp3) is 0.654. The van der Waals surface area contributed by atoms with Crippen LogP contribution in [-0.2, 0) is 14.3 Å². The number of hydrogen-bond donors (Lipinski definition) is 1. The third kappa shape index (κ3) is 4.64. The first-order valence-electron chi connectivity index (χ1n) is 12.4. The van der Waals surface area contributed by atoms with Crippen LogP contribution >= 0.6 is 0 Å². The Morgan fingerprint density at radius 1 is 1.00 bits per heavy atom. The number of halogens is 1. The molecule has 4 saturated carbocycles. The van der Waals surface area contributed by atoms with Crippen molar-refractivity contribution in [1.29, 1.82) is 0 Å². The van der Waals surface area contributed by atoms with Gasteiger partial charge in [0.15, 0.2) is 6.10 Å². The lowest BCUT2D eigenvalue weighted by atomic mass is 9.53. The maximum absolute atomic E-state index is 13.1. The molecule has 6 rings (SSSR count). The van der Waals surface area contributed by atoms with E-state index < -0.39 is 6.10 Å². The zero-order valence-electron chi connectivity index (χ0n) is 19.2. The summed E-state index contributed by atoms with van der Waals surface area (Å²) in [7, 11) is 0. The molecule has 1 atom stereocenters. The predicted octanol–water partition coefficient (Wildman–Crippen LogP) is 3.69. The fourth-order valence-electron chi connectivity index (χ4n) is 7.04. The molecule has 1 N–H and O–H groups in total. The fourth-order valence-corrected chi connectivity index (χ4v) is 7.04. The van der Waals surface area contributed by atoms with Crippen LogP contribution in [0.25, 0.3) is 0 Å². The second-order valence-corrected chi connectivity index (χ2v) is 10.8. The summed E-state index contributed by atoms with van der Waals surface area (Å²) in [6, 6.07) is 5.49. The number of hydrogen-bond acceptors (Lipinski definition) is 4. The van der Waals surface area contributed by atoms with E-state index in [4.69, 9.17) is 4.74 Å². The first-order valence-corrected chi connectivity index (χ1v) is 12.4. The van der Waals surface area contributed by atoms with Crippen molar-refractivity contribution >= 4 is 17.8 Å². The van der Waals surface area contributed by atoms with Gasteiger partial charge in [-0.2, -0.15) is 0 Å². The van der Waals surface area contributed by atoms with Gasteiger partial charge in [0.25, 0.3) is 11.8 Å². The van der Waals surface area contributed by atoms with Crippen molar-refractivity contribution in [2.45, 2.75) is 69.9 Å². The molecule has 1 saturated heterocycles. The molecule has 2 amide bonds. The Labute approximate surface area is 194 Å². The Balaban J connectivity index is 1.10. The molecule has 0 aromatic heterocycles. The molecule has 5 aliphatic rings. The molecule has 1 aromatic carbocycles. The van der Waals surface area contributed by atoms with Crippen molar-refractivity contribution in [1.82, 2.24) is 10.2 Å². The number of likely N-dealkylation sites (tertiary alicyclic amines) is 1. The zero-order chi connectivity index (χ0) is 23.2. The van der Waals surface area contributed by atoms with Crippen molar-refractivity contribution < 1.29 is 23.5 Å². The molecule has 6 nitrogen and oxygen atoms in total. The van der Waals surface area contributed by atoms with Crippen LogP contribution in [0.15, 0.2) is 24.3 Å². The minimum absolute atomic E-state index is 0.0987. The highest BCUT2D eigenvalue weighted by atomic mass is 19.1. The predicted molar refractivity (Wildman–Crippen MR) is 120 cm³/mol. The Morgan fingerprint density at radius 2 is 1.55 bits per heavy atom. The van der Waals surface area contributed by atoms with Gasteiger partial charge in [0.1, 0.15) is 5.82 Å². The number of carbonyl (C=O) groups is 3. The molecule has 7 heteroatoms. The Morgan fingerprint density at radius 3 is 2.09 bits per heavy atom. The van der Waals surface area contributed by atoms with Gasteiger partial charge in [-0.1, -0.05) is 0 Å². The van der Waals surface area contributed by atoms with Crippen LogP contribution in [0.5, 0.6) is 0 Å². The van der Waals surface area contributed by atoms with E-state index in [9.17, 15) is 18.8 Å². The van der Waals surface area contributed by atoms with Crippen molar-refractivity contribution in [2.24, 2.45) is 23.7 Å². The monoisotopic (exact) mass is 456 g/mol. The highest BCUT2D eigenvalue weighted by molar-refractivity contribution is 5.94. The summed E-state index contributed by atoms with van der Waals surface area (Å²) >= 11 is 0. The van der Waals surface area contributed by atoms with Crippen molar-refractivity contribution in [3.05, 3.63) is 35.6 Å². The van der Waals surface area contributed by atoms with Crippen LogP contribution in [0.4, 0.5) is 4.39 Å². The number of piperidine rings is 1. The smallest absolute Gasteiger partial charge is 0.309 e. The Bertz CT molecular complexity index is 887. The number of nitrogens with zero attached hydrogens (tertiary/aromatic N) is 1. The van der Waals surface area contributed by atoms with Gasteiger partial charge in [-0.15, -0.1) is 0 Å². The average Bonchev–Trinajstić information content (AvgIpc) is 2.78. The van der Waals surface area contributed by atoms with Crippen molar-refractivity contribution in [2.75, 3.05) is 13.1 Å². The number of carbonyl (C=O) groups excluding carboxylic acids is 3. The topological polar surface area (TPSA) is 75.7 Å². The second-order valence-electron chi connectivity index (χ2n) is 10.8. The molecule has 0 spiro atoms. The van der Waals surface area contributed by atoms with Gasteiger partial charge in [-0.05, 0) is 100 Å². The molecule has 33 heavy (non-hydrogen) atoms. The highest BCUT2D eigenvalue weighted by Crippen LogP contribution is 2.55. The number of benzene rings is 1. The Kier molecular flexibility index (Phi) is 5.91. The van der Waals surface area contributed by atoms with E-state index in [0.717, 1.165) is 37.0 Å². The van der Waals surface area contributed by atoms with E-state index in [2.05, 4.69) is 5.32 Å². The van der Waals surface area contributed by atoms with Crippen molar-refractivity contribution in [3.8, 4) is 0 Å². The van der Waals surface area contributed by atoms with E-state index in [1.165, 1.54) is 43.5 Å². The minimum atomic E-state index is -0.815. The van der Waals surface area contributed by atoms with Gasteiger partial charge < -0.3 is 15.0 Å². The molecule has 0 radical (unpaired) electrons. The van der Waals surface area contributed by atoms with Gasteiger partial charge in [0.2, 0.25) is 0 Å². The summed E-state index contributed by atoms with van der Waals surface area (Å²) in [5, 5.41) is 3.28. The summed E-state index contributed by atoms with van der Waals surface area (Å²) in [5.41, 5.74) is 0.339. The lowest BCUT2D eigenvalue weighted by molar-refractivity contribution is -0.161. The van der Waals surface area contributed by atoms with Crippen LogP contribution in [0.3, 0.4) is 0 Å². The summed E-state index contributed by atoms with van der Waals surface area (Å²) in [6.07, 6.45) is 7.28. The van der Waals surface area contributed by atoms with Crippen LogP contribution in [0.1, 0.15) is 68.6 Å². The SMILES string of the molecule is CC(OC(=O)C1CCN(C(=O)c2ccc(F)cc2)CC1)C(=O)NC12CC3CC(CC(C3)C1)C2. The average molecular weight is 457 g/mol. The number of amides is 2. The number of esters is 1.